The fourth-order valence-electron chi connectivity index (χ4n) is 4.12. The summed E-state index contributed by atoms with van der Waals surface area (Å²) in [5, 5.41) is 3.49. The first-order valence-electron chi connectivity index (χ1n) is 11.1. The van der Waals surface area contributed by atoms with Crippen LogP contribution in [0.5, 0.6) is 0 Å². The fraction of sp³-hybridized carbons (Fsp3) is 0.522. The van der Waals surface area contributed by atoms with Crippen LogP contribution < -0.4 is 5.32 Å². The Balaban J connectivity index is 1.94. The van der Waals surface area contributed by atoms with Crippen LogP contribution in [0.25, 0.3) is 0 Å². The molecule has 1 atom stereocenters. The van der Waals surface area contributed by atoms with Crippen molar-refractivity contribution in [3.8, 4) is 0 Å². The number of carbonyl (C=O) groups is 3. The Kier molecular flexibility index (Phi) is 8.15. The monoisotopic (exact) mass is 462 g/mol. The molecule has 3 rings (SSSR count). The number of ether oxygens (including phenoxy) is 1. The zero-order valence-electron chi connectivity index (χ0n) is 18.9. The molecule has 3 amide bonds. The van der Waals surface area contributed by atoms with Crippen molar-refractivity contribution >= 4 is 29.5 Å². The maximum atomic E-state index is 13.0. The average Bonchev–Trinajstić information content (AvgIpc) is 3.02. The summed E-state index contributed by atoms with van der Waals surface area (Å²) in [6, 6.07) is 6.15. The first kappa shape index (κ1) is 24.1. The van der Waals surface area contributed by atoms with Crippen LogP contribution >= 0.6 is 11.6 Å². The Bertz CT molecular complexity index is 886. The van der Waals surface area contributed by atoms with Gasteiger partial charge in [0, 0.05) is 56.9 Å². The Morgan fingerprint density at radius 3 is 2.50 bits per heavy atom. The Morgan fingerprint density at radius 1 is 1.12 bits per heavy atom. The molecule has 0 saturated carbocycles. The molecule has 174 valence electrons. The van der Waals surface area contributed by atoms with Crippen molar-refractivity contribution in [1.82, 2.24) is 20.0 Å². The van der Waals surface area contributed by atoms with Crippen molar-refractivity contribution in [3.05, 3.63) is 46.1 Å². The molecule has 0 aliphatic carbocycles. The largest absolute Gasteiger partial charge is 0.463 e. The minimum Gasteiger partial charge on any atom is -0.463 e. The van der Waals surface area contributed by atoms with Gasteiger partial charge in [-0.2, -0.15) is 0 Å². The van der Waals surface area contributed by atoms with Gasteiger partial charge in [0.05, 0.1) is 18.2 Å². The van der Waals surface area contributed by atoms with Crippen LogP contribution in [0.1, 0.15) is 38.3 Å². The molecule has 2 aliphatic rings. The minimum absolute atomic E-state index is 0.148. The Hall–Kier alpha value is -2.58. The summed E-state index contributed by atoms with van der Waals surface area (Å²) < 4.78 is 5.38. The minimum atomic E-state index is -0.629. The maximum absolute atomic E-state index is 13.0. The van der Waals surface area contributed by atoms with Crippen molar-refractivity contribution in [2.45, 2.75) is 32.7 Å². The highest BCUT2D eigenvalue weighted by atomic mass is 35.5. The SMILES string of the molecule is CCOC(=O)C1=C(CN2CCCN(C(=O)CC)CC2)N(C)C(=O)NC1c1ccc(Cl)cc1. The summed E-state index contributed by atoms with van der Waals surface area (Å²) in [6.45, 7) is 7.07. The molecule has 2 heterocycles. The number of amides is 3. The van der Waals surface area contributed by atoms with Crippen LogP contribution in [-0.2, 0) is 14.3 Å². The summed E-state index contributed by atoms with van der Waals surface area (Å²) in [7, 11) is 1.66. The molecule has 0 spiro atoms. The molecule has 2 aliphatic heterocycles. The number of hydrogen-bond donors (Lipinski definition) is 1. The highest BCUT2D eigenvalue weighted by Crippen LogP contribution is 2.32. The van der Waals surface area contributed by atoms with Gasteiger partial charge in [0.25, 0.3) is 0 Å². The lowest BCUT2D eigenvalue weighted by Crippen LogP contribution is -2.49. The number of halogens is 1. The third kappa shape index (κ3) is 5.42. The van der Waals surface area contributed by atoms with Crippen LogP contribution in [0, 0.1) is 0 Å². The van der Waals surface area contributed by atoms with Crippen LogP contribution in [0.15, 0.2) is 35.5 Å². The highest BCUT2D eigenvalue weighted by Gasteiger charge is 2.37. The lowest BCUT2D eigenvalue weighted by Gasteiger charge is -2.36. The standard InChI is InChI=1S/C23H31ClN4O4/c1-4-19(29)28-12-6-11-27(13-14-28)15-18-20(22(30)32-5-2)21(25-23(31)26(18)3)16-7-9-17(24)10-8-16/h7-10,21H,4-6,11-15H2,1-3H3,(H,25,31). The summed E-state index contributed by atoms with van der Waals surface area (Å²) in [5.74, 6) is -0.304. The van der Waals surface area contributed by atoms with E-state index >= 15 is 0 Å². The van der Waals surface area contributed by atoms with Crippen molar-refractivity contribution in [3.63, 3.8) is 0 Å². The smallest absolute Gasteiger partial charge is 0.338 e. The summed E-state index contributed by atoms with van der Waals surface area (Å²) in [5.41, 5.74) is 1.79. The fourth-order valence-corrected chi connectivity index (χ4v) is 4.24. The molecule has 32 heavy (non-hydrogen) atoms. The van der Waals surface area contributed by atoms with E-state index in [1.165, 1.54) is 4.90 Å². The van der Waals surface area contributed by atoms with E-state index in [2.05, 4.69) is 10.2 Å². The van der Waals surface area contributed by atoms with Crippen LogP contribution in [-0.4, -0.2) is 79.0 Å². The molecule has 9 heteroatoms. The zero-order valence-corrected chi connectivity index (χ0v) is 19.7. The summed E-state index contributed by atoms with van der Waals surface area (Å²) in [4.78, 5) is 43.5. The second-order valence-electron chi connectivity index (χ2n) is 7.94. The van der Waals surface area contributed by atoms with Crippen molar-refractivity contribution in [1.29, 1.82) is 0 Å². The normalized spacial score (nSPS) is 20.1. The van der Waals surface area contributed by atoms with Gasteiger partial charge in [-0.1, -0.05) is 30.7 Å². The van der Waals surface area contributed by atoms with Crippen molar-refractivity contribution in [2.24, 2.45) is 0 Å². The van der Waals surface area contributed by atoms with E-state index in [0.717, 1.165) is 25.1 Å². The molecule has 0 bridgehead atoms. The molecule has 1 saturated heterocycles. The molecule has 1 aromatic carbocycles. The molecular weight excluding hydrogens is 432 g/mol. The van der Waals surface area contributed by atoms with Gasteiger partial charge >= 0.3 is 12.0 Å². The van der Waals surface area contributed by atoms with Crippen molar-refractivity contribution in [2.75, 3.05) is 46.4 Å². The third-order valence-electron chi connectivity index (χ3n) is 5.89. The van der Waals surface area contributed by atoms with Gasteiger partial charge < -0.3 is 15.0 Å². The molecular formula is C23H31ClN4O4. The molecule has 1 aromatic rings. The number of hydrogen-bond acceptors (Lipinski definition) is 5. The number of nitrogens with one attached hydrogen (secondary N) is 1. The predicted molar refractivity (Wildman–Crippen MR) is 122 cm³/mol. The number of esters is 1. The Labute approximate surface area is 194 Å². The van der Waals surface area contributed by atoms with Crippen LogP contribution in [0.4, 0.5) is 4.79 Å². The number of benzene rings is 1. The van der Waals surface area contributed by atoms with E-state index < -0.39 is 12.0 Å². The predicted octanol–water partition coefficient (Wildman–Crippen LogP) is 2.80. The van der Waals surface area contributed by atoms with Gasteiger partial charge in [-0.05, 0) is 31.0 Å². The molecule has 0 aromatic heterocycles. The molecule has 0 radical (unpaired) electrons. The van der Waals surface area contributed by atoms with E-state index in [0.29, 0.717) is 42.3 Å². The quantitative estimate of drug-likeness (QED) is 0.657. The van der Waals surface area contributed by atoms with Gasteiger partial charge in [-0.25, -0.2) is 9.59 Å². The number of rotatable bonds is 6. The van der Waals surface area contributed by atoms with Crippen LogP contribution in [0.2, 0.25) is 5.02 Å². The van der Waals surface area contributed by atoms with Gasteiger partial charge in [0.2, 0.25) is 5.91 Å². The second-order valence-corrected chi connectivity index (χ2v) is 8.37. The number of likely N-dealkylation sites (N-methyl/N-ethyl adjacent to an activating group) is 1. The van der Waals surface area contributed by atoms with E-state index in [1.807, 2.05) is 11.8 Å². The van der Waals surface area contributed by atoms with Gasteiger partial charge in [0.1, 0.15) is 0 Å². The third-order valence-corrected chi connectivity index (χ3v) is 6.14. The zero-order chi connectivity index (χ0) is 23.3. The highest BCUT2D eigenvalue weighted by molar-refractivity contribution is 6.30. The second kappa shape index (κ2) is 10.8. The summed E-state index contributed by atoms with van der Waals surface area (Å²) in [6.07, 6.45) is 1.33. The van der Waals surface area contributed by atoms with Gasteiger partial charge in [-0.3, -0.25) is 14.6 Å². The van der Waals surface area contributed by atoms with E-state index in [-0.39, 0.29) is 18.5 Å². The molecule has 1 fully saturated rings. The average molecular weight is 463 g/mol. The lowest BCUT2D eigenvalue weighted by atomic mass is 9.94. The number of carbonyl (C=O) groups excluding carboxylic acids is 3. The van der Waals surface area contributed by atoms with E-state index in [9.17, 15) is 14.4 Å². The van der Waals surface area contributed by atoms with Gasteiger partial charge in [-0.15, -0.1) is 0 Å². The van der Waals surface area contributed by atoms with Crippen LogP contribution in [0.3, 0.4) is 0 Å². The number of urea groups is 1. The molecule has 8 nitrogen and oxygen atoms in total. The van der Waals surface area contributed by atoms with E-state index in [4.69, 9.17) is 16.3 Å². The first-order valence-corrected chi connectivity index (χ1v) is 11.4. The molecule has 1 unspecified atom stereocenters. The van der Waals surface area contributed by atoms with Crippen molar-refractivity contribution < 1.29 is 19.1 Å². The topological polar surface area (TPSA) is 82.2 Å². The molecule has 1 N–H and O–H groups in total. The Morgan fingerprint density at radius 2 is 1.84 bits per heavy atom. The lowest BCUT2D eigenvalue weighted by molar-refractivity contribution is -0.139. The summed E-state index contributed by atoms with van der Waals surface area (Å²) >= 11 is 6.03. The van der Waals surface area contributed by atoms with Gasteiger partial charge in [0.15, 0.2) is 0 Å². The first-order chi connectivity index (χ1) is 15.3. The van der Waals surface area contributed by atoms with E-state index in [1.54, 1.807) is 38.2 Å². The number of nitrogens with zero attached hydrogens (tertiary/aromatic N) is 3. The maximum Gasteiger partial charge on any atom is 0.338 e.